The first-order chi connectivity index (χ1) is 14.9. The van der Waals surface area contributed by atoms with Gasteiger partial charge in [-0.2, -0.15) is 8.42 Å². The molecule has 0 saturated carbocycles. The fourth-order valence-electron chi connectivity index (χ4n) is 2.79. The van der Waals surface area contributed by atoms with Crippen molar-refractivity contribution >= 4 is 33.6 Å². The van der Waals surface area contributed by atoms with Crippen molar-refractivity contribution in [3.8, 4) is 5.75 Å². The molecule has 0 aliphatic rings. The van der Waals surface area contributed by atoms with Crippen molar-refractivity contribution in [2.45, 2.75) is 24.9 Å². The van der Waals surface area contributed by atoms with Crippen LogP contribution in [0.3, 0.4) is 0 Å². The molecule has 9 heteroatoms. The van der Waals surface area contributed by atoms with Gasteiger partial charge in [-0.05, 0) is 67.3 Å². The molecule has 3 aromatic rings. The molecule has 0 spiro atoms. The van der Waals surface area contributed by atoms with Gasteiger partial charge in [-0.1, -0.05) is 12.1 Å². The minimum absolute atomic E-state index is 0.125. The lowest BCUT2D eigenvalue weighted by atomic mass is 10.2. The normalized spacial score (nSPS) is 11.2. The molecular formula is C22H24N2O5S2. The lowest BCUT2D eigenvalue weighted by Gasteiger charge is -2.22. The van der Waals surface area contributed by atoms with E-state index in [0.29, 0.717) is 11.4 Å². The summed E-state index contributed by atoms with van der Waals surface area (Å²) in [6.45, 7) is 2.00. The second-order valence-electron chi connectivity index (χ2n) is 6.67. The number of amides is 2. The van der Waals surface area contributed by atoms with E-state index in [1.165, 1.54) is 6.92 Å². The van der Waals surface area contributed by atoms with Crippen LogP contribution in [0.15, 0.2) is 76.2 Å². The van der Waals surface area contributed by atoms with Gasteiger partial charge in [0.25, 0.3) is 0 Å². The molecular weight excluding hydrogens is 436 g/mol. The number of anilines is 1. The number of nitrogens with zero attached hydrogens (tertiary/aromatic N) is 1. The average molecular weight is 461 g/mol. The van der Waals surface area contributed by atoms with E-state index >= 15 is 0 Å². The molecule has 1 N–H and O–H groups in total. The third-order valence-corrected chi connectivity index (χ3v) is 6.30. The summed E-state index contributed by atoms with van der Waals surface area (Å²) in [4.78, 5) is 15.7. The first kappa shape index (κ1) is 22.8. The Bertz CT molecular complexity index is 1100. The van der Waals surface area contributed by atoms with E-state index < -0.39 is 10.1 Å². The molecule has 2 amide bonds. The molecule has 0 saturated heterocycles. The number of carbonyl (C=O) groups is 1. The van der Waals surface area contributed by atoms with Gasteiger partial charge in [-0.25, -0.2) is 4.79 Å². The molecule has 0 unspecified atom stereocenters. The number of hydrogen-bond donors (Lipinski definition) is 1. The molecule has 0 atom stereocenters. The predicted octanol–water partition coefficient (Wildman–Crippen LogP) is 4.96. The van der Waals surface area contributed by atoms with E-state index in [4.69, 9.17) is 8.60 Å². The Hall–Kier alpha value is -2.91. The van der Waals surface area contributed by atoms with Crippen molar-refractivity contribution < 1.29 is 21.8 Å². The lowest BCUT2D eigenvalue weighted by Crippen LogP contribution is -2.34. The zero-order valence-electron chi connectivity index (χ0n) is 17.3. The number of carbonyl (C=O) groups excluding carboxylic acids is 1. The molecule has 0 aliphatic carbocycles. The maximum atomic E-state index is 13.0. The highest BCUT2D eigenvalue weighted by Crippen LogP contribution is 2.21. The van der Waals surface area contributed by atoms with Crippen LogP contribution in [-0.4, -0.2) is 31.4 Å². The van der Waals surface area contributed by atoms with Gasteiger partial charge in [0.15, 0.2) is 0 Å². The summed E-state index contributed by atoms with van der Waals surface area (Å²) in [5.74, 6) is 0.721. The second-order valence-corrected chi connectivity index (χ2v) is 9.41. The highest BCUT2D eigenvalue weighted by Gasteiger charge is 2.17. The van der Waals surface area contributed by atoms with Crippen LogP contribution in [0.5, 0.6) is 5.75 Å². The summed E-state index contributed by atoms with van der Waals surface area (Å²) < 4.78 is 34.0. The number of nitrogens with one attached hydrogen (secondary N) is 1. The van der Waals surface area contributed by atoms with E-state index in [1.807, 2.05) is 30.5 Å². The van der Waals surface area contributed by atoms with Gasteiger partial charge >= 0.3 is 16.1 Å². The minimum atomic E-state index is -3.63. The summed E-state index contributed by atoms with van der Waals surface area (Å²) in [7, 11) is -3.63. The molecule has 0 fully saturated rings. The van der Waals surface area contributed by atoms with Crippen LogP contribution in [0.4, 0.5) is 10.5 Å². The van der Waals surface area contributed by atoms with Crippen molar-refractivity contribution in [1.82, 2.24) is 4.90 Å². The van der Waals surface area contributed by atoms with Crippen LogP contribution in [0, 0.1) is 0 Å². The molecule has 0 radical (unpaired) electrons. The lowest BCUT2D eigenvalue weighted by molar-refractivity contribution is 0.201. The smallest absolute Gasteiger partial charge is 0.322 e. The van der Waals surface area contributed by atoms with Gasteiger partial charge in [0, 0.05) is 17.1 Å². The van der Waals surface area contributed by atoms with Crippen molar-refractivity contribution in [3.63, 3.8) is 0 Å². The zero-order chi connectivity index (χ0) is 22.3. The van der Waals surface area contributed by atoms with Gasteiger partial charge in [0.05, 0.1) is 18.6 Å². The largest absolute Gasteiger partial charge is 0.467 e. The minimum Gasteiger partial charge on any atom is -0.467 e. The van der Waals surface area contributed by atoms with E-state index in [-0.39, 0.29) is 30.6 Å². The SMILES string of the molecule is CCS(=O)(=O)Oc1cccc(CN(Cc2ccco2)C(=O)Nc2ccc(SC)cc2)c1. The van der Waals surface area contributed by atoms with Crippen LogP contribution in [-0.2, 0) is 23.2 Å². The molecule has 0 aliphatic heterocycles. The van der Waals surface area contributed by atoms with Crippen molar-refractivity contribution in [2.75, 3.05) is 17.3 Å². The summed E-state index contributed by atoms with van der Waals surface area (Å²) in [5.41, 5.74) is 1.40. The Kier molecular flexibility index (Phi) is 7.64. The average Bonchev–Trinajstić information content (AvgIpc) is 3.27. The Morgan fingerprint density at radius 2 is 1.87 bits per heavy atom. The molecule has 1 heterocycles. The van der Waals surface area contributed by atoms with E-state index in [0.717, 1.165) is 10.5 Å². The van der Waals surface area contributed by atoms with Gasteiger partial charge in [0.2, 0.25) is 0 Å². The number of rotatable bonds is 9. The number of benzene rings is 2. The molecule has 31 heavy (non-hydrogen) atoms. The third kappa shape index (κ3) is 6.80. The molecule has 3 rings (SSSR count). The Morgan fingerprint density at radius 3 is 2.52 bits per heavy atom. The first-order valence-corrected chi connectivity index (χ1v) is 12.4. The summed E-state index contributed by atoms with van der Waals surface area (Å²) in [5, 5.41) is 2.90. The first-order valence-electron chi connectivity index (χ1n) is 9.62. The molecule has 164 valence electrons. The number of furan rings is 1. The van der Waals surface area contributed by atoms with Crippen molar-refractivity contribution in [2.24, 2.45) is 0 Å². The summed E-state index contributed by atoms with van der Waals surface area (Å²) in [6.07, 6.45) is 3.54. The quantitative estimate of drug-likeness (QED) is 0.358. The molecule has 2 aromatic carbocycles. The van der Waals surface area contributed by atoms with Gasteiger partial charge < -0.3 is 18.8 Å². The predicted molar refractivity (Wildman–Crippen MR) is 122 cm³/mol. The van der Waals surface area contributed by atoms with E-state index in [9.17, 15) is 13.2 Å². The van der Waals surface area contributed by atoms with Crippen LogP contribution < -0.4 is 9.50 Å². The van der Waals surface area contributed by atoms with Gasteiger partial charge in [-0.3, -0.25) is 0 Å². The van der Waals surface area contributed by atoms with Gasteiger partial charge in [-0.15, -0.1) is 11.8 Å². The maximum absolute atomic E-state index is 13.0. The van der Waals surface area contributed by atoms with Gasteiger partial charge in [0.1, 0.15) is 11.5 Å². The van der Waals surface area contributed by atoms with Crippen LogP contribution >= 0.6 is 11.8 Å². The standard InChI is InChI=1S/C22H24N2O5S2/c1-3-31(26,27)29-19-7-4-6-17(14-19)15-24(16-20-8-5-13-28-20)22(25)23-18-9-11-21(30-2)12-10-18/h4-14H,3,15-16H2,1-2H3,(H,23,25). The summed E-state index contributed by atoms with van der Waals surface area (Å²) in [6, 6.07) is 17.5. The monoisotopic (exact) mass is 460 g/mol. The number of urea groups is 1. The van der Waals surface area contributed by atoms with Crippen LogP contribution in [0.1, 0.15) is 18.2 Å². The maximum Gasteiger partial charge on any atom is 0.322 e. The number of thioether (sulfide) groups is 1. The van der Waals surface area contributed by atoms with Crippen LogP contribution in [0.25, 0.3) is 0 Å². The fraction of sp³-hybridized carbons (Fsp3) is 0.227. The summed E-state index contributed by atoms with van der Waals surface area (Å²) >= 11 is 1.62. The third-order valence-electron chi connectivity index (χ3n) is 4.40. The highest BCUT2D eigenvalue weighted by atomic mass is 32.2. The molecule has 7 nitrogen and oxygen atoms in total. The topological polar surface area (TPSA) is 88.9 Å². The van der Waals surface area contributed by atoms with Crippen molar-refractivity contribution in [3.05, 3.63) is 78.3 Å². The Labute approximate surface area is 186 Å². The Balaban J connectivity index is 1.78. The Morgan fingerprint density at radius 1 is 1.10 bits per heavy atom. The molecule has 1 aromatic heterocycles. The van der Waals surface area contributed by atoms with E-state index in [2.05, 4.69) is 5.32 Å². The van der Waals surface area contributed by atoms with Crippen molar-refractivity contribution in [1.29, 1.82) is 0 Å². The zero-order valence-corrected chi connectivity index (χ0v) is 18.9. The molecule has 0 bridgehead atoms. The second kappa shape index (κ2) is 10.4. The number of hydrogen-bond acceptors (Lipinski definition) is 6. The van der Waals surface area contributed by atoms with Crippen LogP contribution in [0.2, 0.25) is 0 Å². The van der Waals surface area contributed by atoms with E-state index in [1.54, 1.807) is 59.3 Å². The highest BCUT2D eigenvalue weighted by molar-refractivity contribution is 7.98. The fourth-order valence-corrected chi connectivity index (χ4v) is 3.71.